The van der Waals surface area contributed by atoms with Crippen molar-refractivity contribution in [3.05, 3.63) is 81.6 Å². The third-order valence-corrected chi connectivity index (χ3v) is 5.77. The van der Waals surface area contributed by atoms with Crippen molar-refractivity contribution in [1.29, 1.82) is 0 Å². The van der Waals surface area contributed by atoms with Gasteiger partial charge in [0.05, 0.1) is 31.2 Å². The van der Waals surface area contributed by atoms with E-state index in [1.807, 2.05) is 30.3 Å². The standard InChI is InChI=1S/C24H21N3O5S/c1-3-32-24(30)21-18-14-33-22(25-19(28)12-15-8-5-4-6-9-15)20(18)23(29)27(26-21)16-10-7-11-17(13-16)31-2/h4-11,13-14H,3,12H2,1-2H3,(H,25,28). The molecule has 0 spiro atoms. The Labute approximate surface area is 193 Å². The molecule has 0 aliphatic rings. The molecule has 2 heterocycles. The molecule has 0 saturated carbocycles. The molecule has 0 fully saturated rings. The quantitative estimate of drug-likeness (QED) is 0.419. The molecular formula is C24H21N3O5S. The Morgan fingerprint density at radius 1 is 1.12 bits per heavy atom. The zero-order chi connectivity index (χ0) is 23.4. The van der Waals surface area contributed by atoms with Gasteiger partial charge in [-0.3, -0.25) is 9.59 Å². The fourth-order valence-electron chi connectivity index (χ4n) is 3.36. The number of thiophene rings is 1. The maximum absolute atomic E-state index is 13.4. The van der Waals surface area contributed by atoms with E-state index in [0.29, 0.717) is 21.8 Å². The van der Waals surface area contributed by atoms with Gasteiger partial charge in [-0.25, -0.2) is 4.79 Å². The summed E-state index contributed by atoms with van der Waals surface area (Å²) in [5.74, 6) is -0.397. The van der Waals surface area contributed by atoms with Crippen molar-refractivity contribution in [2.75, 3.05) is 19.0 Å². The Morgan fingerprint density at radius 3 is 2.64 bits per heavy atom. The van der Waals surface area contributed by atoms with Crippen LogP contribution in [0.2, 0.25) is 0 Å². The number of aromatic nitrogens is 2. The lowest BCUT2D eigenvalue weighted by Crippen LogP contribution is -2.25. The van der Waals surface area contributed by atoms with Crippen molar-refractivity contribution in [3.8, 4) is 11.4 Å². The van der Waals surface area contributed by atoms with Gasteiger partial charge in [0.25, 0.3) is 5.56 Å². The predicted octanol–water partition coefficient (Wildman–Crippen LogP) is 3.81. The van der Waals surface area contributed by atoms with E-state index in [-0.39, 0.29) is 30.0 Å². The Bertz CT molecular complexity index is 1380. The van der Waals surface area contributed by atoms with Gasteiger partial charge in [0.1, 0.15) is 10.8 Å². The molecule has 0 atom stereocenters. The van der Waals surface area contributed by atoms with E-state index in [2.05, 4.69) is 10.4 Å². The second-order valence-electron chi connectivity index (χ2n) is 7.05. The number of nitrogens with one attached hydrogen (secondary N) is 1. The van der Waals surface area contributed by atoms with Crippen LogP contribution in [0.4, 0.5) is 5.00 Å². The summed E-state index contributed by atoms with van der Waals surface area (Å²) in [7, 11) is 1.52. The zero-order valence-electron chi connectivity index (χ0n) is 18.0. The summed E-state index contributed by atoms with van der Waals surface area (Å²) in [6, 6.07) is 16.0. The Morgan fingerprint density at radius 2 is 1.91 bits per heavy atom. The van der Waals surface area contributed by atoms with Crippen molar-refractivity contribution in [2.45, 2.75) is 13.3 Å². The minimum Gasteiger partial charge on any atom is -0.497 e. The first kappa shape index (κ1) is 22.2. The van der Waals surface area contributed by atoms with Crippen LogP contribution in [0.15, 0.2) is 64.8 Å². The fraction of sp³-hybridized carbons (Fsp3) is 0.167. The van der Waals surface area contributed by atoms with Crippen LogP contribution in [0.5, 0.6) is 5.75 Å². The summed E-state index contributed by atoms with van der Waals surface area (Å²) in [5.41, 5.74) is 0.787. The molecule has 0 unspecified atom stereocenters. The first-order chi connectivity index (χ1) is 16.0. The number of carbonyl (C=O) groups is 2. The molecule has 9 heteroatoms. The first-order valence-corrected chi connectivity index (χ1v) is 11.1. The smallest absolute Gasteiger partial charge is 0.359 e. The lowest BCUT2D eigenvalue weighted by Gasteiger charge is -2.11. The molecule has 0 radical (unpaired) electrons. The molecule has 1 amide bonds. The predicted molar refractivity (Wildman–Crippen MR) is 127 cm³/mol. The van der Waals surface area contributed by atoms with Crippen molar-refractivity contribution < 1.29 is 19.1 Å². The molecule has 33 heavy (non-hydrogen) atoms. The summed E-state index contributed by atoms with van der Waals surface area (Å²) >= 11 is 1.16. The topological polar surface area (TPSA) is 99.5 Å². The average molecular weight is 464 g/mol. The van der Waals surface area contributed by atoms with Gasteiger partial charge in [-0.15, -0.1) is 11.3 Å². The van der Waals surface area contributed by atoms with Gasteiger partial charge in [0, 0.05) is 16.8 Å². The van der Waals surface area contributed by atoms with Crippen LogP contribution >= 0.6 is 11.3 Å². The third kappa shape index (κ3) is 4.63. The number of ether oxygens (including phenoxy) is 2. The van der Waals surface area contributed by atoms with E-state index in [4.69, 9.17) is 9.47 Å². The van der Waals surface area contributed by atoms with E-state index in [1.54, 1.807) is 36.6 Å². The van der Waals surface area contributed by atoms with Crippen LogP contribution < -0.4 is 15.6 Å². The van der Waals surface area contributed by atoms with Crippen molar-refractivity contribution in [3.63, 3.8) is 0 Å². The van der Waals surface area contributed by atoms with Crippen LogP contribution in [0.3, 0.4) is 0 Å². The third-order valence-electron chi connectivity index (χ3n) is 4.88. The summed E-state index contributed by atoms with van der Waals surface area (Å²) in [5, 5.41) is 9.61. The van der Waals surface area contributed by atoms with Crippen LogP contribution in [0.25, 0.3) is 16.5 Å². The van der Waals surface area contributed by atoms with Gasteiger partial charge in [0.15, 0.2) is 5.69 Å². The maximum atomic E-state index is 13.4. The van der Waals surface area contributed by atoms with Crippen molar-refractivity contribution >= 4 is 39.0 Å². The zero-order valence-corrected chi connectivity index (χ0v) is 18.8. The van der Waals surface area contributed by atoms with Gasteiger partial charge < -0.3 is 14.8 Å². The first-order valence-electron chi connectivity index (χ1n) is 10.2. The number of esters is 1. The Hall–Kier alpha value is -3.98. The van der Waals surface area contributed by atoms with Gasteiger partial charge in [-0.1, -0.05) is 36.4 Å². The molecule has 1 N–H and O–H groups in total. The molecule has 4 rings (SSSR count). The molecule has 2 aromatic heterocycles. The number of anilines is 1. The number of methoxy groups -OCH3 is 1. The highest BCUT2D eigenvalue weighted by Gasteiger charge is 2.23. The average Bonchev–Trinajstić information content (AvgIpc) is 3.24. The van der Waals surface area contributed by atoms with Crippen molar-refractivity contribution in [2.24, 2.45) is 0 Å². The summed E-state index contributed by atoms with van der Waals surface area (Å²) in [6.07, 6.45) is 0.153. The normalized spacial score (nSPS) is 10.7. The van der Waals surface area contributed by atoms with E-state index in [1.165, 1.54) is 7.11 Å². The van der Waals surface area contributed by atoms with Crippen LogP contribution in [0.1, 0.15) is 23.0 Å². The highest BCUT2D eigenvalue weighted by molar-refractivity contribution is 7.16. The molecule has 0 aliphatic heterocycles. The minimum absolute atomic E-state index is 0.00548. The second-order valence-corrected chi connectivity index (χ2v) is 7.93. The number of carbonyl (C=O) groups excluding carboxylic acids is 2. The second kappa shape index (κ2) is 9.66. The summed E-state index contributed by atoms with van der Waals surface area (Å²) < 4.78 is 11.5. The van der Waals surface area contributed by atoms with E-state index >= 15 is 0 Å². The van der Waals surface area contributed by atoms with Gasteiger partial charge in [-0.2, -0.15) is 9.78 Å². The van der Waals surface area contributed by atoms with Crippen molar-refractivity contribution in [1.82, 2.24) is 9.78 Å². The highest BCUT2D eigenvalue weighted by Crippen LogP contribution is 2.31. The number of rotatable bonds is 7. The molecule has 8 nitrogen and oxygen atoms in total. The van der Waals surface area contributed by atoms with Gasteiger partial charge in [-0.05, 0) is 24.6 Å². The van der Waals surface area contributed by atoms with E-state index in [0.717, 1.165) is 21.6 Å². The van der Waals surface area contributed by atoms with Gasteiger partial charge >= 0.3 is 5.97 Å². The van der Waals surface area contributed by atoms with Crippen LogP contribution in [-0.4, -0.2) is 35.4 Å². The lowest BCUT2D eigenvalue weighted by atomic mass is 10.1. The van der Waals surface area contributed by atoms with Gasteiger partial charge in [0.2, 0.25) is 5.91 Å². The maximum Gasteiger partial charge on any atom is 0.359 e. The summed E-state index contributed by atoms with van der Waals surface area (Å²) in [4.78, 5) is 38.7. The molecule has 168 valence electrons. The fourth-order valence-corrected chi connectivity index (χ4v) is 4.31. The Kier molecular flexibility index (Phi) is 6.50. The summed E-state index contributed by atoms with van der Waals surface area (Å²) in [6.45, 7) is 1.85. The molecule has 4 aromatic rings. The highest BCUT2D eigenvalue weighted by atomic mass is 32.1. The van der Waals surface area contributed by atoms with E-state index in [9.17, 15) is 14.4 Å². The molecule has 2 aromatic carbocycles. The lowest BCUT2D eigenvalue weighted by molar-refractivity contribution is -0.115. The largest absolute Gasteiger partial charge is 0.497 e. The number of fused-ring (bicyclic) bond motifs is 1. The monoisotopic (exact) mass is 463 g/mol. The number of hydrogen-bond acceptors (Lipinski definition) is 7. The number of benzene rings is 2. The minimum atomic E-state index is -0.654. The van der Waals surface area contributed by atoms with Crippen LogP contribution in [-0.2, 0) is 16.0 Å². The SMILES string of the molecule is CCOC(=O)c1nn(-c2cccc(OC)c2)c(=O)c2c(NC(=O)Cc3ccccc3)scc12. The number of amides is 1. The number of nitrogens with zero attached hydrogens (tertiary/aromatic N) is 2. The Balaban J connectivity index is 1.82. The van der Waals surface area contributed by atoms with E-state index < -0.39 is 11.5 Å². The number of hydrogen-bond donors (Lipinski definition) is 1. The molecular weight excluding hydrogens is 442 g/mol. The van der Waals surface area contributed by atoms with Crippen LogP contribution in [0, 0.1) is 0 Å². The molecule has 0 bridgehead atoms. The molecule has 0 saturated heterocycles. The molecule has 0 aliphatic carbocycles.